The number of hydrogen-bond donors (Lipinski definition) is 1. The second-order valence-electron chi connectivity index (χ2n) is 7.08. The highest BCUT2D eigenvalue weighted by Gasteiger charge is 2.45. The molecule has 0 bridgehead atoms. The first-order valence-electron chi connectivity index (χ1n) is 9.89. The topological polar surface area (TPSA) is 60.9 Å². The van der Waals surface area contributed by atoms with E-state index in [4.69, 9.17) is 11.6 Å². The van der Waals surface area contributed by atoms with E-state index in [9.17, 15) is 19.1 Å². The lowest BCUT2D eigenvalue weighted by Gasteiger charge is -2.28. The molecule has 2 aromatic rings. The Kier molecular flexibility index (Phi) is 6.90. The van der Waals surface area contributed by atoms with Crippen LogP contribution in [-0.2, 0) is 9.59 Å². The van der Waals surface area contributed by atoms with Gasteiger partial charge in [0, 0.05) is 23.7 Å². The van der Waals surface area contributed by atoms with Crippen LogP contribution in [0.25, 0.3) is 5.76 Å². The molecular formula is C23H24ClFN2O3. The van der Waals surface area contributed by atoms with Crippen LogP contribution in [0.4, 0.5) is 4.39 Å². The first kappa shape index (κ1) is 22.0. The molecule has 0 aliphatic carbocycles. The van der Waals surface area contributed by atoms with Crippen molar-refractivity contribution in [3.05, 3.63) is 76.1 Å². The molecule has 0 saturated carbocycles. The van der Waals surface area contributed by atoms with Crippen LogP contribution in [0.3, 0.4) is 0 Å². The number of hydrogen-bond acceptors (Lipinski definition) is 4. The molecule has 1 amide bonds. The molecule has 1 saturated heterocycles. The summed E-state index contributed by atoms with van der Waals surface area (Å²) in [5, 5.41) is 11.4. The monoisotopic (exact) mass is 430 g/mol. The van der Waals surface area contributed by atoms with Crippen molar-refractivity contribution in [2.45, 2.75) is 19.9 Å². The molecule has 5 nitrogen and oxygen atoms in total. The van der Waals surface area contributed by atoms with Gasteiger partial charge in [-0.3, -0.25) is 9.59 Å². The first-order valence-corrected chi connectivity index (χ1v) is 10.3. The fraction of sp³-hybridized carbons (Fsp3) is 0.304. The smallest absolute Gasteiger partial charge is 0.295 e. The average molecular weight is 431 g/mol. The standard InChI is InChI=1S/C23H24ClFN2O3/c1-3-26(4-2)13-14-27-20(15-5-9-17(24)10-6-15)19(22(29)23(27)30)21(28)16-7-11-18(25)12-8-16/h5-12,20,28H,3-4,13-14H2,1-2H3/b21-19+/t20-/m0/s1. The third kappa shape index (κ3) is 4.40. The van der Waals surface area contributed by atoms with Gasteiger partial charge in [-0.05, 0) is 55.1 Å². The van der Waals surface area contributed by atoms with Crippen LogP contribution in [0.5, 0.6) is 0 Å². The lowest BCUT2D eigenvalue weighted by Crippen LogP contribution is -2.38. The number of amides is 1. The molecule has 0 spiro atoms. The van der Waals surface area contributed by atoms with Crippen molar-refractivity contribution in [2.24, 2.45) is 0 Å². The minimum atomic E-state index is -0.753. The van der Waals surface area contributed by atoms with Gasteiger partial charge in [0.05, 0.1) is 11.6 Å². The number of benzene rings is 2. The van der Waals surface area contributed by atoms with Crippen molar-refractivity contribution in [1.82, 2.24) is 9.80 Å². The molecule has 1 aliphatic rings. The number of carbonyl (C=O) groups excluding carboxylic acids is 2. The Hall–Kier alpha value is -2.70. The molecule has 1 N–H and O–H groups in total. The third-order valence-electron chi connectivity index (χ3n) is 5.39. The van der Waals surface area contributed by atoms with Gasteiger partial charge in [0.1, 0.15) is 11.6 Å². The lowest BCUT2D eigenvalue weighted by molar-refractivity contribution is -0.140. The zero-order valence-corrected chi connectivity index (χ0v) is 17.7. The molecule has 158 valence electrons. The number of Topliss-reactive ketones (excluding diaryl/α,β-unsaturated/α-hetero) is 1. The Morgan fingerprint density at radius 2 is 1.67 bits per heavy atom. The second-order valence-corrected chi connectivity index (χ2v) is 7.51. The van der Waals surface area contributed by atoms with Gasteiger partial charge < -0.3 is 14.9 Å². The summed E-state index contributed by atoms with van der Waals surface area (Å²) in [6.45, 7) is 6.63. The molecule has 7 heteroatoms. The molecule has 1 atom stereocenters. The number of nitrogens with zero attached hydrogens (tertiary/aromatic N) is 2. The normalized spacial score (nSPS) is 18.4. The molecule has 0 radical (unpaired) electrons. The SMILES string of the molecule is CCN(CC)CCN1C(=O)C(=O)/C(=C(/O)c2ccc(F)cc2)[C@@H]1c1ccc(Cl)cc1. The van der Waals surface area contributed by atoms with Crippen molar-refractivity contribution in [3.63, 3.8) is 0 Å². The van der Waals surface area contributed by atoms with Crippen molar-refractivity contribution in [2.75, 3.05) is 26.2 Å². The summed E-state index contributed by atoms with van der Waals surface area (Å²) in [4.78, 5) is 29.4. The zero-order valence-electron chi connectivity index (χ0n) is 16.9. The maximum atomic E-state index is 13.3. The Morgan fingerprint density at radius 3 is 2.23 bits per heavy atom. The molecule has 1 heterocycles. The van der Waals surface area contributed by atoms with Crippen LogP contribution in [0.2, 0.25) is 5.02 Å². The number of ketones is 1. The average Bonchev–Trinajstić information content (AvgIpc) is 3.00. The van der Waals surface area contributed by atoms with Crippen LogP contribution in [0, 0.1) is 5.82 Å². The van der Waals surface area contributed by atoms with Gasteiger partial charge in [-0.1, -0.05) is 37.6 Å². The van der Waals surface area contributed by atoms with E-state index in [0.29, 0.717) is 23.7 Å². The van der Waals surface area contributed by atoms with Gasteiger partial charge in [-0.15, -0.1) is 0 Å². The summed E-state index contributed by atoms with van der Waals surface area (Å²) < 4.78 is 13.3. The Balaban J connectivity index is 2.08. The quantitative estimate of drug-likeness (QED) is 0.405. The molecule has 0 aromatic heterocycles. The number of halogens is 2. The highest BCUT2D eigenvalue weighted by molar-refractivity contribution is 6.46. The van der Waals surface area contributed by atoms with E-state index in [1.165, 1.54) is 29.2 Å². The van der Waals surface area contributed by atoms with Gasteiger partial charge in [0.15, 0.2) is 0 Å². The summed E-state index contributed by atoms with van der Waals surface area (Å²) in [5.41, 5.74) is 0.937. The summed E-state index contributed by atoms with van der Waals surface area (Å²) in [5.74, 6) is -2.19. The third-order valence-corrected chi connectivity index (χ3v) is 5.65. The molecule has 30 heavy (non-hydrogen) atoms. The predicted molar refractivity (Wildman–Crippen MR) is 115 cm³/mol. The number of carbonyl (C=O) groups is 2. The largest absolute Gasteiger partial charge is 0.507 e. The van der Waals surface area contributed by atoms with Crippen LogP contribution in [0.15, 0.2) is 54.1 Å². The van der Waals surface area contributed by atoms with Gasteiger partial charge in [0.25, 0.3) is 11.7 Å². The van der Waals surface area contributed by atoms with Crippen molar-refractivity contribution in [3.8, 4) is 0 Å². The first-order chi connectivity index (χ1) is 14.4. The van der Waals surface area contributed by atoms with E-state index < -0.39 is 23.5 Å². The van der Waals surface area contributed by atoms with Crippen LogP contribution in [-0.4, -0.2) is 52.8 Å². The van der Waals surface area contributed by atoms with Gasteiger partial charge >= 0.3 is 0 Å². The van der Waals surface area contributed by atoms with E-state index in [0.717, 1.165) is 13.1 Å². The summed E-state index contributed by atoms with van der Waals surface area (Å²) in [6, 6.07) is 11.2. The Bertz CT molecular complexity index is 953. The fourth-order valence-electron chi connectivity index (χ4n) is 3.65. The summed E-state index contributed by atoms with van der Waals surface area (Å²) in [6.07, 6.45) is 0. The maximum absolute atomic E-state index is 13.3. The molecule has 0 unspecified atom stereocenters. The predicted octanol–water partition coefficient (Wildman–Crippen LogP) is 4.24. The zero-order chi connectivity index (χ0) is 21.8. The van der Waals surface area contributed by atoms with Gasteiger partial charge in [-0.25, -0.2) is 4.39 Å². The second kappa shape index (κ2) is 9.41. The lowest BCUT2D eigenvalue weighted by atomic mass is 9.95. The van der Waals surface area contributed by atoms with Gasteiger partial charge in [-0.2, -0.15) is 0 Å². The van der Waals surface area contributed by atoms with E-state index >= 15 is 0 Å². The van der Waals surface area contributed by atoms with Crippen molar-refractivity contribution < 1.29 is 19.1 Å². The molecular weight excluding hydrogens is 407 g/mol. The number of likely N-dealkylation sites (N-methyl/N-ethyl adjacent to an activating group) is 1. The number of likely N-dealkylation sites (tertiary alicyclic amines) is 1. The number of aliphatic hydroxyl groups is 1. The number of rotatable bonds is 7. The van der Waals surface area contributed by atoms with Crippen LogP contribution in [0.1, 0.15) is 31.0 Å². The van der Waals surface area contributed by atoms with Crippen molar-refractivity contribution in [1.29, 1.82) is 0 Å². The maximum Gasteiger partial charge on any atom is 0.295 e. The van der Waals surface area contributed by atoms with Gasteiger partial charge in [0.2, 0.25) is 0 Å². The van der Waals surface area contributed by atoms with Crippen molar-refractivity contribution >= 4 is 29.1 Å². The van der Waals surface area contributed by atoms with Crippen LogP contribution < -0.4 is 0 Å². The molecule has 1 fully saturated rings. The summed E-state index contributed by atoms with van der Waals surface area (Å²) >= 11 is 6.01. The highest BCUT2D eigenvalue weighted by Crippen LogP contribution is 2.39. The van der Waals surface area contributed by atoms with E-state index in [1.54, 1.807) is 24.3 Å². The molecule has 2 aromatic carbocycles. The Morgan fingerprint density at radius 1 is 1.07 bits per heavy atom. The van der Waals surface area contributed by atoms with E-state index in [2.05, 4.69) is 4.90 Å². The van der Waals surface area contributed by atoms with E-state index in [1.807, 2.05) is 13.8 Å². The Labute approximate surface area is 180 Å². The summed E-state index contributed by atoms with van der Waals surface area (Å²) in [7, 11) is 0. The fourth-order valence-corrected chi connectivity index (χ4v) is 3.78. The molecule has 3 rings (SSSR count). The minimum Gasteiger partial charge on any atom is -0.507 e. The minimum absolute atomic E-state index is 0.00604. The highest BCUT2D eigenvalue weighted by atomic mass is 35.5. The number of aliphatic hydroxyl groups excluding tert-OH is 1. The van der Waals surface area contributed by atoms with E-state index in [-0.39, 0.29) is 16.9 Å². The molecule has 1 aliphatic heterocycles. The van der Waals surface area contributed by atoms with Crippen LogP contribution >= 0.6 is 11.6 Å².